The molecule has 0 heterocycles. The lowest BCUT2D eigenvalue weighted by Crippen LogP contribution is -2.80. The van der Waals surface area contributed by atoms with Crippen molar-refractivity contribution in [2.24, 2.45) is 0 Å². The molecule has 0 aromatic carbocycles. The average molecular weight is 1220 g/mol. The molecule has 0 fully saturated rings. The van der Waals surface area contributed by atoms with Crippen LogP contribution in [0.3, 0.4) is 0 Å². The molecule has 0 bridgehead atoms. The Balaban J connectivity index is 5.74. The fourth-order valence-corrected chi connectivity index (χ4v) is 4.84. The molecule has 0 aliphatic carbocycles. The quantitative estimate of drug-likeness (QED) is 0.0476. The van der Waals surface area contributed by atoms with Gasteiger partial charge in [0, 0.05) is 6.42 Å². The summed E-state index contributed by atoms with van der Waals surface area (Å²) in [5.41, 5.74) is 0. The minimum Gasteiger partial charge on any atom is -0.394 e. The number of hydrogen-bond donors (Lipinski definition) is 1. The third-order valence-corrected chi connectivity index (χ3v) is 9.34. The first kappa shape index (κ1) is 73.3. The molecule has 0 atom stereocenters. The molecule has 0 unspecified atom stereocenters. The topological polar surface area (TPSA) is 94.1 Å². The molecule has 0 aliphatic rings. The Hall–Kier alpha value is -2.67. The Bertz CT molecular complexity index is 1730. The summed E-state index contributed by atoms with van der Waals surface area (Å²) in [4.78, 5) is 0. The normalized spacial score (nSPS) is 15.6. The molecule has 0 rings (SSSR count). The van der Waals surface area contributed by atoms with Crippen LogP contribution in [0.15, 0.2) is 0 Å². The lowest BCUT2D eigenvalue weighted by Gasteiger charge is -2.47. The highest BCUT2D eigenvalue weighted by atomic mass is 19.4. The minimum absolute atomic E-state index is 0.0350. The highest BCUT2D eigenvalue weighted by Gasteiger charge is 3.01. The van der Waals surface area contributed by atoms with Gasteiger partial charge in [0.2, 0.25) is 0 Å². The molecule has 0 aliphatic heterocycles. The summed E-state index contributed by atoms with van der Waals surface area (Å²) < 4.78 is 494. The largest absolute Gasteiger partial charge is 0.460 e. The number of ether oxygens (including phenoxy) is 8. The second-order valence-electron chi connectivity index (χ2n) is 14.6. The minimum atomic E-state index is -10.2. The molecular weight excluding hydrogens is 1180 g/mol. The first-order valence-corrected chi connectivity index (χ1v) is 19.8. The van der Waals surface area contributed by atoms with E-state index in [9.17, 15) is 145 Å². The molecule has 0 aromatic rings. The molecule has 0 radical (unpaired) electrons. The van der Waals surface area contributed by atoms with Crippen LogP contribution in [0.1, 0.15) is 6.42 Å². The van der Waals surface area contributed by atoms with Gasteiger partial charge in [0.25, 0.3) is 0 Å². The fraction of sp³-hybridized carbons (Fsp3) is 1.00. The van der Waals surface area contributed by atoms with Gasteiger partial charge in [0.15, 0.2) is 0 Å². The lowest BCUT2D eigenvalue weighted by molar-refractivity contribution is -0.491. The van der Waals surface area contributed by atoms with E-state index >= 15 is 0 Å². The van der Waals surface area contributed by atoms with Crippen LogP contribution in [0, 0.1) is 0 Å². The summed E-state index contributed by atoms with van der Waals surface area (Å²) in [6.07, 6.45) is -11.6. The van der Waals surface area contributed by atoms with Crippen molar-refractivity contribution in [3.63, 3.8) is 0 Å². The van der Waals surface area contributed by atoms with Crippen LogP contribution >= 0.6 is 0 Å². The second kappa shape index (κ2) is 25.8. The molecular formula is C34H37F33O9. The van der Waals surface area contributed by atoms with Gasteiger partial charge < -0.3 is 43.0 Å². The lowest BCUT2D eigenvalue weighted by atomic mass is 9.82. The molecule has 0 saturated heterocycles. The van der Waals surface area contributed by atoms with Gasteiger partial charge in [-0.25, -0.2) is 0 Å². The van der Waals surface area contributed by atoms with E-state index in [1.807, 2.05) is 0 Å². The standard InChI is InChI=1S/C34H37F33O9/c35-19(36,1-3-69-5-7-71-9-11-73-13-15-75-17-18-76-16-14-74-12-10-72-8-6-70-4-2-68)20(37,38)21(39,40)22(41,42)23(43,44)24(45,46)25(47,48)26(49,50)27(51,52)28(53,54)29(55,56)30(57,58)31(59,60)32(61,62)33(63,64)34(65,66)67/h68H,1-18H2. The summed E-state index contributed by atoms with van der Waals surface area (Å²) >= 11 is 0. The van der Waals surface area contributed by atoms with Crippen molar-refractivity contribution in [2.75, 3.05) is 112 Å². The van der Waals surface area contributed by atoms with E-state index in [1.165, 1.54) is 0 Å². The maximum atomic E-state index is 14.2. The van der Waals surface area contributed by atoms with Gasteiger partial charge in [0.05, 0.1) is 112 Å². The highest BCUT2D eigenvalue weighted by molar-refractivity contribution is 5.22. The molecule has 458 valence electrons. The van der Waals surface area contributed by atoms with E-state index in [0.29, 0.717) is 0 Å². The molecule has 0 amide bonds. The van der Waals surface area contributed by atoms with E-state index < -0.39 is 128 Å². The van der Waals surface area contributed by atoms with E-state index in [0.717, 1.165) is 0 Å². The van der Waals surface area contributed by atoms with Crippen molar-refractivity contribution in [3.05, 3.63) is 0 Å². The summed E-state index contributed by atoms with van der Waals surface area (Å²) in [5.74, 6) is -143. The Labute approximate surface area is 402 Å². The highest BCUT2D eigenvalue weighted by Crippen LogP contribution is 2.70. The monoisotopic (exact) mass is 1220 g/mol. The van der Waals surface area contributed by atoms with Crippen molar-refractivity contribution in [2.45, 2.75) is 101 Å². The van der Waals surface area contributed by atoms with Gasteiger partial charge in [-0.15, -0.1) is 0 Å². The van der Waals surface area contributed by atoms with Gasteiger partial charge in [0.1, 0.15) is 0 Å². The van der Waals surface area contributed by atoms with E-state index in [1.54, 1.807) is 0 Å². The number of halogens is 33. The predicted molar refractivity (Wildman–Crippen MR) is 179 cm³/mol. The average Bonchev–Trinajstić information content (AvgIpc) is 3.27. The van der Waals surface area contributed by atoms with Crippen molar-refractivity contribution in [1.29, 1.82) is 0 Å². The van der Waals surface area contributed by atoms with Crippen LogP contribution in [0.2, 0.25) is 0 Å². The molecule has 9 nitrogen and oxygen atoms in total. The van der Waals surface area contributed by atoms with Crippen molar-refractivity contribution >= 4 is 0 Å². The Kier molecular flexibility index (Phi) is 24.9. The van der Waals surface area contributed by atoms with Gasteiger partial charge >= 0.3 is 95.0 Å². The smallest absolute Gasteiger partial charge is 0.394 e. The first-order chi connectivity index (χ1) is 33.8. The molecule has 42 heteroatoms. The van der Waals surface area contributed by atoms with Crippen molar-refractivity contribution < 1.29 is 188 Å². The molecule has 0 aromatic heterocycles. The number of aliphatic hydroxyl groups is 1. The summed E-state index contributed by atoms with van der Waals surface area (Å²) in [6, 6.07) is 0. The van der Waals surface area contributed by atoms with Crippen LogP contribution in [-0.4, -0.2) is 212 Å². The van der Waals surface area contributed by atoms with E-state index in [2.05, 4.69) is 4.74 Å². The van der Waals surface area contributed by atoms with E-state index in [4.69, 9.17) is 38.3 Å². The van der Waals surface area contributed by atoms with Gasteiger partial charge in [-0.3, -0.25) is 0 Å². The maximum Gasteiger partial charge on any atom is 0.460 e. The van der Waals surface area contributed by atoms with Gasteiger partial charge in [-0.2, -0.15) is 145 Å². The van der Waals surface area contributed by atoms with Gasteiger partial charge in [-0.05, 0) is 0 Å². The Morgan fingerprint density at radius 3 is 0.500 bits per heavy atom. The molecule has 76 heavy (non-hydrogen) atoms. The van der Waals surface area contributed by atoms with Crippen LogP contribution in [0.4, 0.5) is 145 Å². The Morgan fingerprint density at radius 2 is 0.329 bits per heavy atom. The number of hydrogen-bond acceptors (Lipinski definition) is 9. The zero-order valence-electron chi connectivity index (χ0n) is 36.9. The van der Waals surface area contributed by atoms with Crippen LogP contribution in [-0.2, 0) is 37.9 Å². The molecule has 0 saturated carbocycles. The van der Waals surface area contributed by atoms with E-state index in [-0.39, 0.29) is 85.9 Å². The zero-order chi connectivity index (χ0) is 60.4. The summed E-state index contributed by atoms with van der Waals surface area (Å²) in [6.45, 7) is -3.15. The second-order valence-corrected chi connectivity index (χ2v) is 14.6. The number of alkyl halides is 33. The number of aliphatic hydroxyl groups excluding tert-OH is 1. The molecule has 1 N–H and O–H groups in total. The van der Waals surface area contributed by atoms with Crippen molar-refractivity contribution in [3.8, 4) is 0 Å². The fourth-order valence-electron chi connectivity index (χ4n) is 4.84. The Morgan fingerprint density at radius 1 is 0.184 bits per heavy atom. The third kappa shape index (κ3) is 13.7. The van der Waals surface area contributed by atoms with Gasteiger partial charge in [-0.1, -0.05) is 0 Å². The summed E-state index contributed by atoms with van der Waals surface area (Å²) in [7, 11) is 0. The number of rotatable bonds is 40. The summed E-state index contributed by atoms with van der Waals surface area (Å²) in [5, 5.41) is 8.53. The SMILES string of the molecule is OCCOCCOCCOCCOCCOCCOCCOCCOCCC(F)(F)C(F)(F)C(F)(F)C(F)(F)C(F)(F)C(F)(F)C(F)(F)C(F)(F)C(F)(F)C(F)(F)C(F)(F)C(F)(F)C(F)(F)C(F)(F)C(F)(F)C(F)(F)F. The van der Waals surface area contributed by atoms with Crippen LogP contribution < -0.4 is 0 Å². The van der Waals surface area contributed by atoms with Crippen molar-refractivity contribution in [1.82, 2.24) is 0 Å². The molecule has 0 spiro atoms. The third-order valence-electron chi connectivity index (χ3n) is 9.34. The van der Waals surface area contributed by atoms with Crippen LogP contribution in [0.25, 0.3) is 0 Å². The maximum absolute atomic E-state index is 14.2. The zero-order valence-corrected chi connectivity index (χ0v) is 36.9. The first-order valence-electron chi connectivity index (χ1n) is 19.8. The van der Waals surface area contributed by atoms with Crippen LogP contribution in [0.5, 0.6) is 0 Å². The predicted octanol–water partition coefficient (Wildman–Crippen LogP) is 10.6.